The Morgan fingerprint density at radius 2 is 2.06 bits per heavy atom. The van der Waals surface area contributed by atoms with Gasteiger partial charge in [0.2, 0.25) is 0 Å². The van der Waals surface area contributed by atoms with Gasteiger partial charge in [-0.2, -0.15) is 0 Å². The van der Waals surface area contributed by atoms with Crippen molar-refractivity contribution in [3.8, 4) is 0 Å². The summed E-state index contributed by atoms with van der Waals surface area (Å²) in [5.74, 6) is 0.143. The summed E-state index contributed by atoms with van der Waals surface area (Å²) in [6.07, 6.45) is 0.676. The van der Waals surface area contributed by atoms with E-state index >= 15 is 0 Å². The summed E-state index contributed by atoms with van der Waals surface area (Å²) < 4.78 is 13.3. The van der Waals surface area contributed by atoms with Crippen molar-refractivity contribution < 1.29 is 9.18 Å². The van der Waals surface area contributed by atoms with Crippen LogP contribution in [-0.2, 0) is 0 Å². The summed E-state index contributed by atoms with van der Waals surface area (Å²) in [4.78, 5) is 12.7. The van der Waals surface area contributed by atoms with E-state index in [2.05, 4.69) is 18.7 Å². The third-order valence-electron chi connectivity index (χ3n) is 2.37. The summed E-state index contributed by atoms with van der Waals surface area (Å²) in [5, 5.41) is 0. The Labute approximate surface area is 96.1 Å². The summed E-state index contributed by atoms with van der Waals surface area (Å²) in [7, 11) is 0. The van der Waals surface area contributed by atoms with Crippen molar-refractivity contribution in [2.45, 2.75) is 20.8 Å². The molecular formula is C13H18FNO. The molecule has 0 radical (unpaired) electrons. The van der Waals surface area contributed by atoms with E-state index in [1.165, 1.54) is 12.1 Å². The van der Waals surface area contributed by atoms with Gasteiger partial charge in [0.05, 0.1) is 0 Å². The number of halogens is 1. The first-order valence-corrected chi connectivity index (χ1v) is 5.57. The van der Waals surface area contributed by atoms with E-state index in [9.17, 15) is 9.18 Å². The minimum Gasteiger partial charge on any atom is -0.371 e. The number of nitrogens with zero attached hydrogens (tertiary/aromatic N) is 1. The average Bonchev–Trinajstić information content (AvgIpc) is 2.24. The topological polar surface area (TPSA) is 20.3 Å². The third kappa shape index (κ3) is 3.33. The largest absolute Gasteiger partial charge is 0.371 e. The molecular weight excluding hydrogens is 205 g/mol. The normalized spacial score (nSPS) is 10.6. The van der Waals surface area contributed by atoms with Crippen LogP contribution in [-0.4, -0.2) is 19.4 Å². The Balaban J connectivity index is 2.99. The van der Waals surface area contributed by atoms with E-state index in [1.54, 1.807) is 6.07 Å². The second kappa shape index (κ2) is 5.64. The molecule has 0 unspecified atom stereocenters. The lowest BCUT2D eigenvalue weighted by molar-refractivity contribution is 0.112. The molecule has 0 spiro atoms. The van der Waals surface area contributed by atoms with Gasteiger partial charge in [0.25, 0.3) is 0 Å². The molecule has 0 amide bonds. The van der Waals surface area contributed by atoms with Crippen LogP contribution in [0.4, 0.5) is 10.1 Å². The predicted molar refractivity (Wildman–Crippen MR) is 64.5 cm³/mol. The maximum absolute atomic E-state index is 13.3. The molecule has 0 saturated carbocycles. The van der Waals surface area contributed by atoms with Gasteiger partial charge in [-0.3, -0.25) is 4.79 Å². The number of benzene rings is 1. The SMILES string of the molecule is CCN(CC(C)C)c1cc(F)cc(C=O)c1. The van der Waals surface area contributed by atoms with Crippen LogP contribution in [0.2, 0.25) is 0 Å². The van der Waals surface area contributed by atoms with Crippen molar-refractivity contribution in [1.82, 2.24) is 0 Å². The van der Waals surface area contributed by atoms with E-state index < -0.39 is 0 Å². The fourth-order valence-corrected chi connectivity index (χ4v) is 1.70. The van der Waals surface area contributed by atoms with Gasteiger partial charge in [-0.1, -0.05) is 13.8 Å². The number of hydrogen-bond acceptors (Lipinski definition) is 2. The molecule has 0 bridgehead atoms. The molecule has 0 saturated heterocycles. The number of anilines is 1. The summed E-state index contributed by atoms with van der Waals surface area (Å²) in [6.45, 7) is 7.91. The monoisotopic (exact) mass is 223 g/mol. The molecule has 1 aromatic carbocycles. The molecule has 0 aliphatic rings. The van der Waals surface area contributed by atoms with Crippen LogP contribution in [0.3, 0.4) is 0 Å². The van der Waals surface area contributed by atoms with Gasteiger partial charge in [-0.15, -0.1) is 0 Å². The van der Waals surface area contributed by atoms with Crippen LogP contribution in [0, 0.1) is 11.7 Å². The van der Waals surface area contributed by atoms with Gasteiger partial charge >= 0.3 is 0 Å². The molecule has 0 atom stereocenters. The second-order valence-corrected chi connectivity index (χ2v) is 4.29. The highest BCUT2D eigenvalue weighted by molar-refractivity contribution is 5.77. The zero-order chi connectivity index (χ0) is 12.1. The van der Waals surface area contributed by atoms with E-state index in [1.807, 2.05) is 6.92 Å². The number of carbonyl (C=O) groups excluding carboxylic acids is 1. The van der Waals surface area contributed by atoms with Crippen LogP contribution in [0.25, 0.3) is 0 Å². The second-order valence-electron chi connectivity index (χ2n) is 4.29. The molecule has 0 aliphatic heterocycles. The molecule has 0 aliphatic carbocycles. The Kier molecular flexibility index (Phi) is 4.47. The fourth-order valence-electron chi connectivity index (χ4n) is 1.70. The molecule has 1 rings (SSSR count). The molecule has 88 valence electrons. The lowest BCUT2D eigenvalue weighted by Crippen LogP contribution is -2.27. The maximum Gasteiger partial charge on any atom is 0.150 e. The van der Waals surface area contributed by atoms with Crippen molar-refractivity contribution >= 4 is 12.0 Å². The molecule has 1 aromatic rings. The Bertz CT molecular complexity index is 363. The quantitative estimate of drug-likeness (QED) is 0.715. The van der Waals surface area contributed by atoms with Crippen LogP contribution in [0.15, 0.2) is 18.2 Å². The minimum atomic E-state index is -0.359. The average molecular weight is 223 g/mol. The maximum atomic E-state index is 13.3. The van der Waals surface area contributed by atoms with Gasteiger partial charge in [-0.05, 0) is 31.0 Å². The van der Waals surface area contributed by atoms with Crippen LogP contribution < -0.4 is 4.90 Å². The van der Waals surface area contributed by atoms with Crippen molar-refractivity contribution in [2.75, 3.05) is 18.0 Å². The summed E-state index contributed by atoms with van der Waals surface area (Å²) in [5.41, 5.74) is 1.16. The van der Waals surface area contributed by atoms with Gasteiger partial charge < -0.3 is 4.90 Å². The standard InChI is InChI=1S/C13H18FNO/c1-4-15(8-10(2)3)13-6-11(9-16)5-12(14)7-13/h5-7,9-10H,4,8H2,1-3H3. The van der Waals surface area contributed by atoms with E-state index in [0.29, 0.717) is 17.8 Å². The summed E-state index contributed by atoms with van der Waals surface area (Å²) in [6, 6.07) is 4.44. The molecule has 0 N–H and O–H groups in total. The number of rotatable bonds is 5. The van der Waals surface area contributed by atoms with Crippen LogP contribution in [0.5, 0.6) is 0 Å². The first-order chi connectivity index (χ1) is 7.56. The van der Waals surface area contributed by atoms with Crippen molar-refractivity contribution in [3.63, 3.8) is 0 Å². The highest BCUT2D eigenvalue weighted by Crippen LogP contribution is 2.19. The molecule has 0 aromatic heterocycles. The molecule has 3 heteroatoms. The van der Waals surface area contributed by atoms with Gasteiger partial charge in [0.1, 0.15) is 12.1 Å². The van der Waals surface area contributed by atoms with Crippen LogP contribution >= 0.6 is 0 Å². The first-order valence-electron chi connectivity index (χ1n) is 5.57. The zero-order valence-electron chi connectivity index (χ0n) is 10.0. The molecule has 0 heterocycles. The smallest absolute Gasteiger partial charge is 0.150 e. The van der Waals surface area contributed by atoms with Crippen LogP contribution in [0.1, 0.15) is 31.1 Å². The van der Waals surface area contributed by atoms with Gasteiger partial charge in [0.15, 0.2) is 0 Å². The number of aldehydes is 1. The van der Waals surface area contributed by atoms with Crippen molar-refractivity contribution in [3.05, 3.63) is 29.6 Å². The highest BCUT2D eigenvalue weighted by atomic mass is 19.1. The van der Waals surface area contributed by atoms with E-state index in [0.717, 1.165) is 18.8 Å². The van der Waals surface area contributed by atoms with Crippen molar-refractivity contribution in [2.24, 2.45) is 5.92 Å². The van der Waals surface area contributed by atoms with Gasteiger partial charge in [-0.25, -0.2) is 4.39 Å². The zero-order valence-corrected chi connectivity index (χ0v) is 10.0. The van der Waals surface area contributed by atoms with Crippen molar-refractivity contribution in [1.29, 1.82) is 0 Å². The molecule has 16 heavy (non-hydrogen) atoms. The predicted octanol–water partition coefficient (Wildman–Crippen LogP) is 3.12. The molecule has 0 fully saturated rings. The van der Waals surface area contributed by atoms with E-state index in [4.69, 9.17) is 0 Å². The van der Waals surface area contributed by atoms with Gasteiger partial charge in [0, 0.05) is 24.3 Å². The molecule has 2 nitrogen and oxygen atoms in total. The number of carbonyl (C=O) groups is 1. The number of hydrogen-bond donors (Lipinski definition) is 0. The Morgan fingerprint density at radius 1 is 1.38 bits per heavy atom. The lowest BCUT2D eigenvalue weighted by Gasteiger charge is -2.25. The Morgan fingerprint density at radius 3 is 2.56 bits per heavy atom. The summed E-state index contributed by atoms with van der Waals surface area (Å²) >= 11 is 0. The minimum absolute atomic E-state index is 0.359. The Hall–Kier alpha value is -1.38. The highest BCUT2D eigenvalue weighted by Gasteiger charge is 2.09. The lowest BCUT2D eigenvalue weighted by atomic mass is 10.1. The fraction of sp³-hybridized carbons (Fsp3) is 0.462. The van der Waals surface area contributed by atoms with E-state index in [-0.39, 0.29) is 5.82 Å². The third-order valence-corrected chi connectivity index (χ3v) is 2.37. The first kappa shape index (κ1) is 12.7.